The second-order valence-electron chi connectivity index (χ2n) is 8.52. The topological polar surface area (TPSA) is 49.4 Å². The van der Waals surface area contributed by atoms with Crippen LogP contribution < -0.4 is 5.32 Å². The maximum absolute atomic E-state index is 13.2. The normalized spacial score (nSPS) is 14.5. The summed E-state index contributed by atoms with van der Waals surface area (Å²) in [6, 6.07) is 16.6. The predicted molar refractivity (Wildman–Crippen MR) is 116 cm³/mol. The molecule has 0 saturated heterocycles. The molecule has 0 spiro atoms. The Balaban J connectivity index is 1.73. The Bertz CT molecular complexity index is 836. The first-order chi connectivity index (χ1) is 13.8. The van der Waals surface area contributed by atoms with Gasteiger partial charge in [-0.15, -0.1) is 0 Å². The van der Waals surface area contributed by atoms with E-state index in [1.54, 1.807) is 0 Å². The van der Waals surface area contributed by atoms with Crippen LogP contribution in [-0.2, 0) is 16.1 Å². The summed E-state index contributed by atoms with van der Waals surface area (Å²) in [4.78, 5) is 26.9. The molecule has 2 amide bonds. The molecule has 0 bridgehead atoms. The van der Waals surface area contributed by atoms with Gasteiger partial charge in [0.25, 0.3) is 0 Å². The molecule has 1 aliphatic rings. The molecule has 0 radical (unpaired) electrons. The fourth-order valence-corrected chi connectivity index (χ4v) is 3.60. The van der Waals surface area contributed by atoms with E-state index in [-0.39, 0.29) is 24.3 Å². The van der Waals surface area contributed by atoms with Crippen LogP contribution in [0, 0.1) is 6.92 Å². The summed E-state index contributed by atoms with van der Waals surface area (Å²) in [6.07, 6.45) is 2.40. The molecule has 1 N–H and O–H groups in total. The van der Waals surface area contributed by atoms with Gasteiger partial charge in [0.1, 0.15) is 0 Å². The van der Waals surface area contributed by atoms with Gasteiger partial charge in [0.15, 0.2) is 0 Å². The van der Waals surface area contributed by atoms with Crippen molar-refractivity contribution in [3.05, 3.63) is 70.8 Å². The number of aryl methyl sites for hydroxylation is 1. The van der Waals surface area contributed by atoms with Crippen molar-refractivity contribution in [2.24, 2.45) is 0 Å². The second kappa shape index (κ2) is 9.25. The van der Waals surface area contributed by atoms with Crippen molar-refractivity contribution in [3.8, 4) is 0 Å². The Morgan fingerprint density at radius 2 is 1.59 bits per heavy atom. The number of rotatable bonds is 8. The molecule has 0 aliphatic heterocycles. The van der Waals surface area contributed by atoms with E-state index >= 15 is 0 Å². The lowest BCUT2D eigenvalue weighted by atomic mass is 10.0. The van der Waals surface area contributed by atoms with E-state index in [9.17, 15) is 9.59 Å². The highest BCUT2D eigenvalue weighted by Gasteiger charge is 2.33. The predicted octanol–water partition coefficient (Wildman–Crippen LogP) is 4.88. The Hall–Kier alpha value is -2.62. The number of nitrogens with one attached hydrogen (secondary N) is 1. The monoisotopic (exact) mass is 392 g/mol. The van der Waals surface area contributed by atoms with Crippen LogP contribution in [0.2, 0.25) is 0 Å². The summed E-state index contributed by atoms with van der Waals surface area (Å²) < 4.78 is 0. The van der Waals surface area contributed by atoms with Gasteiger partial charge in [0.2, 0.25) is 11.8 Å². The van der Waals surface area contributed by atoms with Gasteiger partial charge in [0, 0.05) is 19.5 Å². The zero-order valence-corrected chi connectivity index (χ0v) is 17.9. The number of hydrogen-bond acceptors (Lipinski definition) is 2. The van der Waals surface area contributed by atoms with Gasteiger partial charge in [-0.25, -0.2) is 0 Å². The van der Waals surface area contributed by atoms with Crippen molar-refractivity contribution in [1.82, 2.24) is 10.2 Å². The number of carbonyl (C=O) groups excluding carboxylic acids is 2. The lowest BCUT2D eigenvalue weighted by Gasteiger charge is -2.26. The molecule has 1 atom stereocenters. The fraction of sp³-hybridized carbons (Fsp3) is 0.440. The van der Waals surface area contributed by atoms with Crippen LogP contribution in [0.15, 0.2) is 48.5 Å². The van der Waals surface area contributed by atoms with Crippen molar-refractivity contribution in [2.45, 2.75) is 71.5 Å². The molecule has 1 aliphatic carbocycles. The quantitative estimate of drug-likeness (QED) is 0.696. The maximum atomic E-state index is 13.2. The van der Waals surface area contributed by atoms with Gasteiger partial charge >= 0.3 is 0 Å². The number of benzene rings is 2. The van der Waals surface area contributed by atoms with Crippen LogP contribution in [0.4, 0.5) is 0 Å². The molecule has 3 rings (SSSR count). The minimum absolute atomic E-state index is 0.0970. The molecule has 2 aromatic carbocycles. The van der Waals surface area contributed by atoms with E-state index in [1.807, 2.05) is 36.1 Å². The Morgan fingerprint density at radius 3 is 2.10 bits per heavy atom. The molecule has 4 heteroatoms. The van der Waals surface area contributed by atoms with Crippen LogP contribution >= 0.6 is 0 Å². The molecule has 1 unspecified atom stereocenters. The largest absolute Gasteiger partial charge is 0.349 e. The third-order valence-corrected chi connectivity index (χ3v) is 5.54. The highest BCUT2D eigenvalue weighted by Crippen LogP contribution is 2.31. The molecule has 2 aromatic rings. The number of carbonyl (C=O) groups is 2. The fourth-order valence-electron chi connectivity index (χ4n) is 3.60. The van der Waals surface area contributed by atoms with Crippen LogP contribution in [0.5, 0.6) is 0 Å². The van der Waals surface area contributed by atoms with Crippen molar-refractivity contribution in [3.63, 3.8) is 0 Å². The van der Waals surface area contributed by atoms with E-state index in [4.69, 9.17) is 0 Å². The summed E-state index contributed by atoms with van der Waals surface area (Å²) in [5.41, 5.74) is 4.59. The average molecular weight is 393 g/mol. The van der Waals surface area contributed by atoms with E-state index in [2.05, 4.69) is 43.4 Å². The van der Waals surface area contributed by atoms with Gasteiger partial charge in [-0.2, -0.15) is 0 Å². The van der Waals surface area contributed by atoms with Crippen LogP contribution in [0.25, 0.3) is 0 Å². The van der Waals surface area contributed by atoms with Crippen LogP contribution in [0.1, 0.15) is 74.2 Å². The standard InChI is InChI=1S/C25H32N2O2/c1-17(2)21-11-7-20(8-12-21)16-27(23-13-14-23)25(29)15-24(26-19(4)28)22-9-5-18(3)6-10-22/h5-12,17,23-24H,13-16H2,1-4H3,(H,26,28). The van der Waals surface area contributed by atoms with E-state index < -0.39 is 0 Å². The molecule has 1 saturated carbocycles. The van der Waals surface area contributed by atoms with Gasteiger partial charge < -0.3 is 10.2 Å². The van der Waals surface area contributed by atoms with Crippen LogP contribution in [-0.4, -0.2) is 22.8 Å². The van der Waals surface area contributed by atoms with Crippen LogP contribution in [0.3, 0.4) is 0 Å². The maximum Gasteiger partial charge on any atom is 0.225 e. The third-order valence-electron chi connectivity index (χ3n) is 5.54. The highest BCUT2D eigenvalue weighted by molar-refractivity contribution is 5.79. The van der Waals surface area contributed by atoms with Crippen molar-refractivity contribution in [1.29, 1.82) is 0 Å². The van der Waals surface area contributed by atoms with Gasteiger partial charge in [-0.1, -0.05) is 67.9 Å². The third kappa shape index (κ3) is 5.93. The zero-order valence-electron chi connectivity index (χ0n) is 17.9. The first kappa shape index (κ1) is 21.1. The van der Waals surface area contributed by atoms with E-state index in [1.165, 1.54) is 12.5 Å². The van der Waals surface area contributed by atoms with Gasteiger partial charge in [-0.3, -0.25) is 9.59 Å². The van der Waals surface area contributed by atoms with Crippen molar-refractivity contribution < 1.29 is 9.59 Å². The molecule has 154 valence electrons. The molecular weight excluding hydrogens is 360 g/mol. The molecule has 4 nitrogen and oxygen atoms in total. The molecule has 0 heterocycles. The Kier molecular flexibility index (Phi) is 6.73. The summed E-state index contributed by atoms with van der Waals surface area (Å²) in [5.74, 6) is 0.475. The zero-order chi connectivity index (χ0) is 21.0. The highest BCUT2D eigenvalue weighted by atomic mass is 16.2. The first-order valence-corrected chi connectivity index (χ1v) is 10.6. The molecular formula is C25H32N2O2. The first-order valence-electron chi connectivity index (χ1n) is 10.6. The molecule has 29 heavy (non-hydrogen) atoms. The lowest BCUT2D eigenvalue weighted by molar-refractivity contribution is -0.133. The summed E-state index contributed by atoms with van der Waals surface area (Å²) in [6.45, 7) is 8.52. The summed E-state index contributed by atoms with van der Waals surface area (Å²) in [5, 5.41) is 2.96. The van der Waals surface area contributed by atoms with E-state index in [0.29, 0.717) is 18.5 Å². The number of amides is 2. The van der Waals surface area contributed by atoms with Crippen molar-refractivity contribution in [2.75, 3.05) is 0 Å². The number of hydrogen-bond donors (Lipinski definition) is 1. The van der Waals surface area contributed by atoms with Gasteiger partial charge in [-0.05, 0) is 42.4 Å². The molecule has 1 fully saturated rings. The Morgan fingerprint density at radius 1 is 1.00 bits per heavy atom. The molecule has 0 aromatic heterocycles. The SMILES string of the molecule is CC(=O)NC(CC(=O)N(Cc1ccc(C(C)C)cc1)C1CC1)c1ccc(C)cc1. The smallest absolute Gasteiger partial charge is 0.225 e. The van der Waals surface area contributed by atoms with Crippen molar-refractivity contribution >= 4 is 11.8 Å². The minimum atomic E-state index is -0.301. The summed E-state index contributed by atoms with van der Waals surface area (Å²) >= 11 is 0. The number of nitrogens with zero attached hydrogens (tertiary/aromatic N) is 1. The van der Waals surface area contributed by atoms with E-state index in [0.717, 1.165) is 29.5 Å². The lowest BCUT2D eigenvalue weighted by Crippen LogP contribution is -2.37. The summed E-state index contributed by atoms with van der Waals surface area (Å²) in [7, 11) is 0. The average Bonchev–Trinajstić information content (AvgIpc) is 3.51. The minimum Gasteiger partial charge on any atom is -0.349 e. The second-order valence-corrected chi connectivity index (χ2v) is 8.52. The Labute approximate surface area is 174 Å². The van der Waals surface area contributed by atoms with Gasteiger partial charge in [0.05, 0.1) is 12.5 Å².